The van der Waals surface area contributed by atoms with Crippen LogP contribution in [-0.2, 0) is 14.8 Å². The molecule has 3 N–H and O–H groups in total. The van der Waals surface area contributed by atoms with Gasteiger partial charge in [-0.05, 0) is 32.4 Å². The molecule has 0 bridgehead atoms. The summed E-state index contributed by atoms with van der Waals surface area (Å²) in [6.07, 6.45) is 0. The Balaban J connectivity index is 3.09. The Kier molecular flexibility index (Phi) is 5.26. The van der Waals surface area contributed by atoms with Crippen molar-refractivity contribution in [2.45, 2.75) is 31.3 Å². The van der Waals surface area contributed by atoms with Crippen LogP contribution >= 0.6 is 12.2 Å². The predicted octanol–water partition coefficient (Wildman–Crippen LogP) is 1.33. The first-order chi connectivity index (χ1) is 9.09. The number of hydrogen-bond donors (Lipinski definition) is 2. The van der Waals surface area contributed by atoms with E-state index in [9.17, 15) is 8.42 Å². The molecule has 0 fully saturated rings. The lowest BCUT2D eigenvalue weighted by Gasteiger charge is -2.23. The van der Waals surface area contributed by atoms with Gasteiger partial charge in [-0.25, -0.2) is 13.1 Å². The van der Waals surface area contributed by atoms with E-state index in [2.05, 4.69) is 4.72 Å². The molecule has 0 aliphatic carbocycles. The van der Waals surface area contributed by atoms with Crippen LogP contribution in [0.3, 0.4) is 0 Å². The van der Waals surface area contributed by atoms with Crippen LogP contribution in [0, 0.1) is 6.92 Å². The molecule has 0 aromatic heterocycles. The fourth-order valence-corrected chi connectivity index (χ4v) is 3.06. The van der Waals surface area contributed by atoms with Crippen LogP contribution in [0.2, 0.25) is 0 Å². The van der Waals surface area contributed by atoms with E-state index < -0.39 is 15.6 Å². The van der Waals surface area contributed by atoms with Gasteiger partial charge in [0.2, 0.25) is 10.0 Å². The fourth-order valence-electron chi connectivity index (χ4n) is 1.46. The van der Waals surface area contributed by atoms with Crippen molar-refractivity contribution < 1.29 is 13.2 Å². The highest BCUT2D eigenvalue weighted by atomic mass is 32.2. The largest absolute Gasteiger partial charge is 0.389 e. The van der Waals surface area contributed by atoms with E-state index in [1.165, 1.54) is 13.2 Å². The Morgan fingerprint density at radius 3 is 2.55 bits per heavy atom. The third-order valence-corrected chi connectivity index (χ3v) is 4.78. The number of nitrogens with two attached hydrogens (primary N) is 1. The lowest BCUT2D eigenvalue weighted by molar-refractivity contribution is 0.0276. The fraction of sp³-hybridized carbons (Fsp3) is 0.462. The highest BCUT2D eigenvalue weighted by Crippen LogP contribution is 2.18. The first-order valence-electron chi connectivity index (χ1n) is 6.04. The summed E-state index contributed by atoms with van der Waals surface area (Å²) in [7, 11) is -2.10. The molecule has 0 saturated heterocycles. The van der Waals surface area contributed by atoms with Crippen LogP contribution in [0.4, 0.5) is 0 Å². The number of rotatable bonds is 6. The van der Waals surface area contributed by atoms with E-state index in [1.807, 2.05) is 0 Å². The number of methoxy groups -OCH3 is 1. The van der Waals surface area contributed by atoms with Crippen LogP contribution in [0.25, 0.3) is 0 Å². The molecular formula is C13H20N2O3S2. The van der Waals surface area contributed by atoms with Gasteiger partial charge in [0, 0.05) is 19.2 Å². The van der Waals surface area contributed by atoms with Crippen LogP contribution in [0.5, 0.6) is 0 Å². The summed E-state index contributed by atoms with van der Waals surface area (Å²) >= 11 is 4.87. The minimum atomic E-state index is -3.64. The second-order valence-electron chi connectivity index (χ2n) is 5.13. The van der Waals surface area contributed by atoms with Gasteiger partial charge in [0.1, 0.15) is 4.99 Å². The zero-order chi connectivity index (χ0) is 15.6. The molecule has 0 saturated carbocycles. The summed E-state index contributed by atoms with van der Waals surface area (Å²) in [5.74, 6) is 0. The van der Waals surface area contributed by atoms with Crippen LogP contribution < -0.4 is 10.5 Å². The number of sulfonamides is 1. The van der Waals surface area contributed by atoms with E-state index >= 15 is 0 Å². The molecule has 0 heterocycles. The van der Waals surface area contributed by atoms with E-state index in [0.717, 1.165) is 0 Å². The van der Waals surface area contributed by atoms with Gasteiger partial charge < -0.3 is 10.5 Å². The van der Waals surface area contributed by atoms with E-state index in [0.29, 0.717) is 11.1 Å². The molecule has 0 radical (unpaired) electrons. The number of ether oxygens (including phenoxy) is 1. The second kappa shape index (κ2) is 6.17. The van der Waals surface area contributed by atoms with Gasteiger partial charge in [0.15, 0.2) is 0 Å². The zero-order valence-electron chi connectivity index (χ0n) is 12.1. The van der Waals surface area contributed by atoms with Gasteiger partial charge in [-0.3, -0.25) is 0 Å². The van der Waals surface area contributed by atoms with Gasteiger partial charge in [0.25, 0.3) is 0 Å². The molecule has 0 spiro atoms. The molecule has 20 heavy (non-hydrogen) atoms. The van der Waals surface area contributed by atoms with Crippen molar-refractivity contribution >= 4 is 27.2 Å². The van der Waals surface area contributed by atoms with Gasteiger partial charge in [-0.2, -0.15) is 0 Å². The standard InChI is InChI=1S/C13H20N2O3S2/c1-9-5-6-10(12(14)19)7-11(9)20(16,17)15-8-13(2,3)18-4/h5-7,15H,8H2,1-4H3,(H2,14,19). The molecule has 7 heteroatoms. The molecule has 0 aliphatic rings. The highest BCUT2D eigenvalue weighted by molar-refractivity contribution is 7.89. The molecule has 0 atom stereocenters. The monoisotopic (exact) mass is 316 g/mol. The predicted molar refractivity (Wildman–Crippen MR) is 83.3 cm³/mol. The molecule has 112 valence electrons. The molecule has 5 nitrogen and oxygen atoms in total. The topological polar surface area (TPSA) is 81.4 Å². The van der Waals surface area contributed by atoms with Crippen LogP contribution in [-0.4, -0.2) is 32.7 Å². The van der Waals surface area contributed by atoms with Gasteiger partial charge in [0.05, 0.1) is 10.5 Å². The highest BCUT2D eigenvalue weighted by Gasteiger charge is 2.23. The molecule has 1 rings (SSSR count). The minimum absolute atomic E-state index is 0.165. The number of aryl methyl sites for hydroxylation is 1. The maximum atomic E-state index is 12.3. The van der Waals surface area contributed by atoms with Gasteiger partial charge >= 0.3 is 0 Å². The normalized spacial score (nSPS) is 12.4. The quantitative estimate of drug-likeness (QED) is 0.774. The number of nitrogens with one attached hydrogen (secondary N) is 1. The molecule has 1 aromatic rings. The van der Waals surface area contributed by atoms with Gasteiger partial charge in [-0.1, -0.05) is 24.4 Å². The van der Waals surface area contributed by atoms with Crippen LogP contribution in [0.15, 0.2) is 23.1 Å². The Hall–Kier alpha value is -1.02. The minimum Gasteiger partial charge on any atom is -0.389 e. The van der Waals surface area contributed by atoms with Gasteiger partial charge in [-0.15, -0.1) is 0 Å². The van der Waals surface area contributed by atoms with E-state index in [1.54, 1.807) is 32.9 Å². The van der Waals surface area contributed by atoms with Crippen molar-refractivity contribution in [2.75, 3.05) is 13.7 Å². The summed E-state index contributed by atoms with van der Waals surface area (Å²) in [6, 6.07) is 4.88. The maximum absolute atomic E-state index is 12.3. The SMILES string of the molecule is COC(C)(C)CNS(=O)(=O)c1cc(C(N)=S)ccc1C. The number of thiocarbonyl (C=S) groups is 1. The average Bonchev–Trinajstić information content (AvgIpc) is 2.37. The zero-order valence-corrected chi connectivity index (χ0v) is 13.7. The van der Waals surface area contributed by atoms with E-state index in [-0.39, 0.29) is 16.4 Å². The third kappa shape index (κ3) is 4.24. The summed E-state index contributed by atoms with van der Waals surface area (Å²) in [4.78, 5) is 0.341. The Labute approximate surface area is 125 Å². The van der Waals surface area contributed by atoms with Crippen molar-refractivity contribution in [3.8, 4) is 0 Å². The molecule has 0 unspecified atom stereocenters. The van der Waals surface area contributed by atoms with Crippen molar-refractivity contribution in [2.24, 2.45) is 5.73 Å². The molecular weight excluding hydrogens is 296 g/mol. The molecule has 0 aliphatic heterocycles. The van der Waals surface area contributed by atoms with E-state index in [4.69, 9.17) is 22.7 Å². The number of benzene rings is 1. The Morgan fingerprint density at radius 1 is 1.45 bits per heavy atom. The van der Waals surface area contributed by atoms with Crippen molar-refractivity contribution in [1.29, 1.82) is 0 Å². The molecule has 0 amide bonds. The van der Waals surface area contributed by atoms with Crippen molar-refractivity contribution in [1.82, 2.24) is 4.72 Å². The molecule has 1 aromatic carbocycles. The average molecular weight is 316 g/mol. The summed E-state index contributed by atoms with van der Waals surface area (Å²) in [5.41, 5.74) is 6.11. The first-order valence-corrected chi connectivity index (χ1v) is 7.93. The Bertz CT molecular complexity index is 610. The number of hydrogen-bond acceptors (Lipinski definition) is 4. The maximum Gasteiger partial charge on any atom is 0.240 e. The first kappa shape index (κ1) is 17.0. The Morgan fingerprint density at radius 2 is 2.05 bits per heavy atom. The van der Waals surface area contributed by atoms with Crippen molar-refractivity contribution in [3.63, 3.8) is 0 Å². The third-order valence-electron chi connectivity index (χ3n) is 3.00. The lowest BCUT2D eigenvalue weighted by Crippen LogP contribution is -2.39. The van der Waals surface area contributed by atoms with Crippen LogP contribution in [0.1, 0.15) is 25.0 Å². The summed E-state index contributed by atoms with van der Waals surface area (Å²) < 4.78 is 32.4. The lowest BCUT2D eigenvalue weighted by atomic mass is 10.1. The van der Waals surface area contributed by atoms with Crippen molar-refractivity contribution in [3.05, 3.63) is 29.3 Å². The smallest absolute Gasteiger partial charge is 0.240 e. The summed E-state index contributed by atoms with van der Waals surface area (Å²) in [5, 5.41) is 0. The second-order valence-corrected chi connectivity index (χ2v) is 7.31. The summed E-state index contributed by atoms with van der Waals surface area (Å²) in [6.45, 7) is 5.49.